The van der Waals surface area contributed by atoms with Crippen LogP contribution in [-0.4, -0.2) is 43.5 Å². The first-order valence-corrected chi connectivity index (χ1v) is 9.92. The second kappa shape index (κ2) is 7.22. The molecular formula is C15H16Cl2N2O5S. The molecule has 1 aromatic heterocycles. The van der Waals surface area contributed by atoms with Crippen molar-refractivity contribution in [1.82, 2.24) is 9.55 Å². The molecule has 2 aromatic rings. The Balaban J connectivity index is 1.88. The number of halogens is 2. The molecule has 136 valence electrons. The molecular weight excluding hydrogens is 391 g/mol. The highest BCUT2D eigenvalue weighted by molar-refractivity contribution is 7.85. The zero-order chi connectivity index (χ0) is 18.1. The first kappa shape index (κ1) is 18.6. The molecule has 3 rings (SSSR count). The summed E-state index contributed by atoms with van der Waals surface area (Å²) in [4.78, 5) is 4.01. The van der Waals surface area contributed by atoms with Crippen molar-refractivity contribution in [2.24, 2.45) is 0 Å². The summed E-state index contributed by atoms with van der Waals surface area (Å²) >= 11 is 12.3. The maximum absolute atomic E-state index is 11.2. The third-order valence-electron chi connectivity index (χ3n) is 3.62. The van der Waals surface area contributed by atoms with Crippen LogP contribution in [0.25, 0.3) is 0 Å². The Bertz CT molecular complexity index is 844. The van der Waals surface area contributed by atoms with Gasteiger partial charge < -0.3 is 14.0 Å². The zero-order valence-electron chi connectivity index (χ0n) is 13.3. The average Bonchev–Trinajstić information content (AvgIpc) is 3.15. The molecule has 0 saturated carbocycles. The SMILES string of the molecule is CS(=O)(=O)OCC1CO[C@](Cn2ccnc2)(c2ccc(Cl)cc2Cl)O1. The maximum atomic E-state index is 11.2. The summed E-state index contributed by atoms with van der Waals surface area (Å²) in [5.74, 6) is -1.20. The van der Waals surface area contributed by atoms with Crippen molar-refractivity contribution < 1.29 is 22.1 Å². The van der Waals surface area contributed by atoms with Gasteiger partial charge in [-0.2, -0.15) is 8.42 Å². The van der Waals surface area contributed by atoms with Crippen molar-refractivity contribution in [3.63, 3.8) is 0 Å². The van der Waals surface area contributed by atoms with Crippen LogP contribution in [-0.2, 0) is 36.1 Å². The van der Waals surface area contributed by atoms with Gasteiger partial charge in [0.25, 0.3) is 10.1 Å². The molecule has 0 amide bonds. The van der Waals surface area contributed by atoms with E-state index in [4.69, 9.17) is 36.9 Å². The molecule has 2 heterocycles. The first-order chi connectivity index (χ1) is 11.8. The second-order valence-corrected chi connectivity index (χ2v) is 8.14. The Morgan fingerprint density at radius 1 is 1.44 bits per heavy atom. The van der Waals surface area contributed by atoms with Gasteiger partial charge in [0.05, 0.1) is 37.4 Å². The van der Waals surface area contributed by atoms with Gasteiger partial charge in [-0.1, -0.05) is 29.3 Å². The summed E-state index contributed by atoms with van der Waals surface area (Å²) in [7, 11) is -3.57. The number of rotatable bonds is 6. The molecule has 1 saturated heterocycles. The lowest BCUT2D eigenvalue weighted by Crippen LogP contribution is -2.34. The van der Waals surface area contributed by atoms with E-state index in [1.54, 1.807) is 41.5 Å². The quantitative estimate of drug-likeness (QED) is 0.685. The fourth-order valence-corrected chi connectivity index (χ4v) is 3.53. The smallest absolute Gasteiger partial charge is 0.264 e. The number of benzene rings is 1. The highest BCUT2D eigenvalue weighted by Gasteiger charge is 2.45. The summed E-state index contributed by atoms with van der Waals surface area (Å²) in [6, 6.07) is 5.01. The van der Waals surface area contributed by atoms with Crippen molar-refractivity contribution >= 4 is 33.3 Å². The molecule has 0 bridgehead atoms. The van der Waals surface area contributed by atoms with Crippen LogP contribution in [0.4, 0.5) is 0 Å². The van der Waals surface area contributed by atoms with Crippen LogP contribution < -0.4 is 0 Å². The van der Waals surface area contributed by atoms with Gasteiger partial charge >= 0.3 is 0 Å². The largest absolute Gasteiger partial charge is 0.342 e. The number of hydrogen-bond acceptors (Lipinski definition) is 6. The van der Waals surface area contributed by atoms with Gasteiger partial charge in [-0.05, 0) is 12.1 Å². The Labute approximate surface area is 155 Å². The third-order valence-corrected chi connectivity index (χ3v) is 4.73. The van der Waals surface area contributed by atoms with E-state index in [0.717, 1.165) is 6.26 Å². The minimum atomic E-state index is -3.57. The minimum Gasteiger partial charge on any atom is -0.342 e. The molecule has 1 aliphatic rings. The van der Waals surface area contributed by atoms with E-state index < -0.39 is 22.0 Å². The second-order valence-electron chi connectivity index (χ2n) is 5.65. The topological polar surface area (TPSA) is 79.7 Å². The molecule has 10 heteroatoms. The number of ether oxygens (including phenoxy) is 2. The Hall–Kier alpha value is -1.16. The van der Waals surface area contributed by atoms with E-state index in [2.05, 4.69) is 4.98 Å². The number of nitrogens with zero attached hydrogens (tertiary/aromatic N) is 2. The van der Waals surface area contributed by atoms with E-state index in [9.17, 15) is 8.42 Å². The standard InChI is InChI=1S/C15H16Cl2N2O5S/c1-25(20,21)23-8-12-7-22-15(24-12,9-19-5-4-18-10-19)13-3-2-11(16)6-14(13)17/h2-6,10,12H,7-9H2,1H3/t12?,15-/m0/s1. The lowest BCUT2D eigenvalue weighted by molar-refractivity contribution is -0.189. The Kier molecular flexibility index (Phi) is 5.38. The van der Waals surface area contributed by atoms with Crippen molar-refractivity contribution in [2.45, 2.75) is 18.4 Å². The molecule has 2 atom stereocenters. The van der Waals surface area contributed by atoms with Crippen LogP contribution in [0.5, 0.6) is 0 Å². The lowest BCUT2D eigenvalue weighted by Gasteiger charge is -2.29. The summed E-state index contributed by atoms with van der Waals surface area (Å²) in [5, 5.41) is 0.874. The van der Waals surface area contributed by atoms with Crippen molar-refractivity contribution in [3.05, 3.63) is 52.5 Å². The molecule has 0 N–H and O–H groups in total. The van der Waals surface area contributed by atoms with E-state index in [1.807, 2.05) is 0 Å². The zero-order valence-corrected chi connectivity index (χ0v) is 15.6. The number of imidazole rings is 1. The molecule has 1 fully saturated rings. The van der Waals surface area contributed by atoms with Crippen LogP contribution in [0, 0.1) is 0 Å². The Morgan fingerprint density at radius 3 is 2.88 bits per heavy atom. The molecule has 0 spiro atoms. The summed E-state index contributed by atoms with van der Waals surface area (Å²) in [6.45, 7) is 0.294. The molecule has 0 aliphatic carbocycles. The predicted molar refractivity (Wildman–Crippen MR) is 92.0 cm³/mol. The molecule has 0 radical (unpaired) electrons. The van der Waals surface area contributed by atoms with E-state index in [1.165, 1.54) is 0 Å². The molecule has 25 heavy (non-hydrogen) atoms. The fourth-order valence-electron chi connectivity index (χ4n) is 2.57. The molecule has 1 aliphatic heterocycles. The fraction of sp³-hybridized carbons (Fsp3) is 0.400. The summed E-state index contributed by atoms with van der Waals surface area (Å²) < 4.78 is 41.0. The minimum absolute atomic E-state index is 0.143. The molecule has 1 unspecified atom stereocenters. The van der Waals surface area contributed by atoms with Gasteiger partial charge in [0.2, 0.25) is 5.79 Å². The van der Waals surface area contributed by atoms with Gasteiger partial charge in [-0.3, -0.25) is 4.18 Å². The van der Waals surface area contributed by atoms with Crippen LogP contribution >= 0.6 is 23.2 Å². The first-order valence-electron chi connectivity index (χ1n) is 7.35. The van der Waals surface area contributed by atoms with E-state index >= 15 is 0 Å². The predicted octanol–water partition coefficient (Wildman–Crippen LogP) is 2.43. The molecule has 7 nitrogen and oxygen atoms in total. The maximum Gasteiger partial charge on any atom is 0.264 e. The van der Waals surface area contributed by atoms with Crippen LogP contribution in [0.3, 0.4) is 0 Å². The summed E-state index contributed by atoms with van der Waals surface area (Å²) in [5.41, 5.74) is 0.592. The van der Waals surface area contributed by atoms with Gasteiger partial charge in [0, 0.05) is 23.0 Å². The van der Waals surface area contributed by atoms with Gasteiger partial charge in [0.15, 0.2) is 0 Å². The van der Waals surface area contributed by atoms with Crippen molar-refractivity contribution in [2.75, 3.05) is 19.5 Å². The van der Waals surface area contributed by atoms with Gasteiger partial charge in [-0.25, -0.2) is 4.98 Å². The van der Waals surface area contributed by atoms with Crippen LogP contribution in [0.2, 0.25) is 10.0 Å². The van der Waals surface area contributed by atoms with Crippen LogP contribution in [0.1, 0.15) is 5.56 Å². The van der Waals surface area contributed by atoms with Crippen molar-refractivity contribution in [1.29, 1.82) is 0 Å². The lowest BCUT2D eigenvalue weighted by atomic mass is 10.1. The monoisotopic (exact) mass is 406 g/mol. The summed E-state index contributed by atoms with van der Waals surface area (Å²) in [6.07, 6.45) is 5.44. The van der Waals surface area contributed by atoms with Gasteiger partial charge in [0.1, 0.15) is 6.10 Å². The average molecular weight is 407 g/mol. The van der Waals surface area contributed by atoms with Crippen LogP contribution in [0.15, 0.2) is 36.9 Å². The molecule has 1 aromatic carbocycles. The number of aromatic nitrogens is 2. The third kappa shape index (κ3) is 4.52. The Morgan fingerprint density at radius 2 is 2.24 bits per heavy atom. The highest BCUT2D eigenvalue weighted by Crippen LogP contribution is 2.40. The van der Waals surface area contributed by atoms with E-state index in [0.29, 0.717) is 15.6 Å². The van der Waals surface area contributed by atoms with Crippen molar-refractivity contribution in [3.8, 4) is 0 Å². The normalized spacial score (nSPS) is 23.9. The van der Waals surface area contributed by atoms with E-state index in [-0.39, 0.29) is 19.8 Å². The highest BCUT2D eigenvalue weighted by atomic mass is 35.5. The van der Waals surface area contributed by atoms with Gasteiger partial charge in [-0.15, -0.1) is 0 Å². The number of hydrogen-bond donors (Lipinski definition) is 0.